The van der Waals surface area contributed by atoms with Crippen LogP contribution in [0, 0.1) is 0 Å². The smallest absolute Gasteiger partial charge is 0.337 e. The van der Waals surface area contributed by atoms with E-state index in [2.05, 4.69) is 60.1 Å². The first-order chi connectivity index (χ1) is 15.5. The van der Waals surface area contributed by atoms with Crippen molar-refractivity contribution in [3.05, 3.63) is 0 Å². The number of hydrogen-bond acceptors (Lipinski definition) is 7. The van der Waals surface area contributed by atoms with Crippen molar-refractivity contribution in [1.29, 1.82) is 0 Å². The van der Waals surface area contributed by atoms with Crippen molar-refractivity contribution in [2.45, 2.75) is 102 Å². The molecule has 0 bridgehead atoms. The number of rotatable bonds is 18. The highest BCUT2D eigenvalue weighted by Gasteiger charge is 2.39. The fraction of sp³-hybridized carbons (Fsp3) is 1.00. The lowest BCUT2D eigenvalue weighted by atomic mass is 10.2. The van der Waals surface area contributed by atoms with Crippen LogP contribution < -0.4 is 0 Å². The van der Waals surface area contributed by atoms with Gasteiger partial charge in [0.1, 0.15) is 0 Å². The summed E-state index contributed by atoms with van der Waals surface area (Å²) >= 11 is 0. The minimum absolute atomic E-state index is 0.00610. The summed E-state index contributed by atoms with van der Waals surface area (Å²) in [5.41, 5.74) is 0.00610. The molecule has 0 amide bonds. The van der Waals surface area contributed by atoms with Crippen LogP contribution >= 0.6 is 0 Å². The Kier molecular flexibility index (Phi) is 18.5. The van der Waals surface area contributed by atoms with Gasteiger partial charge in [0.05, 0.1) is 13.2 Å². The second-order valence-electron chi connectivity index (χ2n) is 11.5. The summed E-state index contributed by atoms with van der Waals surface area (Å²) in [7, 11) is 0.212. The van der Waals surface area contributed by atoms with Crippen molar-refractivity contribution >= 4 is 33.5 Å². The number of hydrogen-bond donors (Lipinski definition) is 1. The van der Waals surface area contributed by atoms with E-state index >= 15 is 0 Å². The van der Waals surface area contributed by atoms with Crippen molar-refractivity contribution in [3.8, 4) is 0 Å². The number of aliphatic hydroxyl groups is 1. The summed E-state index contributed by atoms with van der Waals surface area (Å²) < 4.78 is 33.8. The average Bonchev–Trinajstić information content (AvgIpc) is 2.72. The molecule has 0 atom stereocenters. The third-order valence-electron chi connectivity index (χ3n) is 5.92. The topological polar surface area (TPSA) is 75.6 Å². The highest BCUT2D eigenvalue weighted by atomic mass is 28.4. The second-order valence-corrected chi connectivity index (χ2v) is 28.6. The van der Waals surface area contributed by atoms with Crippen LogP contribution in [0.5, 0.6) is 0 Å². The standard InChI is InChI=1S/C14H34O3Si2.C9H24O4Si2/c1-14(2,13-18(3,4)5)17-19(6,7)12-8-10-16-11-9-15;1-7-15(12-4,13-5)9-8-14(6,10-2)11-3/h15H,8-13H2,1-7H3;7-9H2,1-6H3. The highest BCUT2D eigenvalue weighted by Crippen LogP contribution is 2.29. The molecule has 0 saturated carbocycles. The summed E-state index contributed by atoms with van der Waals surface area (Å²) in [5.74, 6) is 0. The molecule has 0 aromatic carbocycles. The molecule has 1 N–H and O–H groups in total. The van der Waals surface area contributed by atoms with Gasteiger partial charge in [-0.2, -0.15) is 0 Å². The van der Waals surface area contributed by atoms with Gasteiger partial charge in [-0.05, 0) is 70.1 Å². The Bertz CT molecular complexity index is 498. The van der Waals surface area contributed by atoms with E-state index in [-0.39, 0.29) is 12.2 Å². The summed E-state index contributed by atoms with van der Waals surface area (Å²) in [6.45, 7) is 21.7. The lowest BCUT2D eigenvalue weighted by Gasteiger charge is -2.38. The fourth-order valence-electron chi connectivity index (χ4n) is 4.34. The maximum atomic E-state index is 8.65. The van der Waals surface area contributed by atoms with Crippen molar-refractivity contribution < 1.29 is 32.0 Å². The molecule has 0 saturated heterocycles. The normalized spacial score (nSPS) is 13.6. The van der Waals surface area contributed by atoms with E-state index in [9.17, 15) is 0 Å². The molecule has 0 rings (SSSR count). The van der Waals surface area contributed by atoms with Crippen molar-refractivity contribution in [2.24, 2.45) is 0 Å². The Morgan fingerprint density at radius 2 is 1.26 bits per heavy atom. The van der Waals surface area contributed by atoms with Crippen molar-refractivity contribution in [3.63, 3.8) is 0 Å². The molecule has 0 unspecified atom stereocenters. The van der Waals surface area contributed by atoms with Gasteiger partial charge >= 0.3 is 17.1 Å². The molecule has 0 aromatic rings. The predicted octanol–water partition coefficient (Wildman–Crippen LogP) is 5.83. The first-order valence-electron chi connectivity index (χ1n) is 12.6. The Balaban J connectivity index is 0. The quantitative estimate of drug-likeness (QED) is 0.167. The molecule has 0 aliphatic heterocycles. The first-order valence-corrected chi connectivity index (χ1v) is 24.2. The van der Waals surface area contributed by atoms with E-state index in [1.54, 1.807) is 28.4 Å². The van der Waals surface area contributed by atoms with Gasteiger partial charge in [0.15, 0.2) is 8.32 Å². The number of ether oxygens (including phenoxy) is 1. The third kappa shape index (κ3) is 17.9. The van der Waals surface area contributed by atoms with Crippen LogP contribution in [0.15, 0.2) is 0 Å². The highest BCUT2D eigenvalue weighted by molar-refractivity contribution is 6.76. The zero-order chi connectivity index (χ0) is 27.1. The lowest BCUT2D eigenvalue weighted by Crippen LogP contribution is -2.44. The van der Waals surface area contributed by atoms with Gasteiger partial charge in [0.25, 0.3) is 0 Å². The van der Waals surface area contributed by atoms with Gasteiger partial charge in [-0.15, -0.1) is 0 Å². The molecule has 0 fully saturated rings. The fourth-order valence-corrected chi connectivity index (χ4v) is 15.2. The monoisotopic (exact) mass is 558 g/mol. The molecule has 0 radical (unpaired) electrons. The minimum Gasteiger partial charge on any atom is -0.413 e. The molecule has 0 aromatic heterocycles. The molecule has 0 aliphatic rings. The zero-order valence-electron chi connectivity index (χ0n) is 24.8. The molecular weight excluding hydrogens is 501 g/mol. The summed E-state index contributed by atoms with van der Waals surface area (Å²) in [6, 6.07) is 5.13. The Morgan fingerprint density at radius 3 is 1.65 bits per heavy atom. The molecule has 34 heavy (non-hydrogen) atoms. The van der Waals surface area contributed by atoms with Crippen LogP contribution in [0.25, 0.3) is 0 Å². The first kappa shape index (κ1) is 36.7. The minimum atomic E-state index is -1.98. The maximum Gasteiger partial charge on any atom is 0.337 e. The van der Waals surface area contributed by atoms with E-state index in [1.807, 2.05) is 0 Å². The van der Waals surface area contributed by atoms with Crippen molar-refractivity contribution in [1.82, 2.24) is 0 Å². The maximum absolute atomic E-state index is 8.65. The molecule has 0 heterocycles. The van der Waals surface area contributed by atoms with Crippen LogP contribution in [-0.4, -0.2) is 92.5 Å². The van der Waals surface area contributed by atoms with E-state index in [4.69, 9.17) is 32.0 Å². The molecule has 208 valence electrons. The summed E-state index contributed by atoms with van der Waals surface area (Å²) in [5, 5.41) is 8.65. The largest absolute Gasteiger partial charge is 0.413 e. The van der Waals surface area contributed by atoms with E-state index in [1.165, 1.54) is 6.04 Å². The molecule has 11 heteroatoms. The van der Waals surface area contributed by atoms with E-state index < -0.39 is 33.5 Å². The van der Waals surface area contributed by atoms with Gasteiger partial charge < -0.3 is 32.0 Å². The zero-order valence-corrected chi connectivity index (χ0v) is 28.8. The summed E-state index contributed by atoms with van der Waals surface area (Å²) in [4.78, 5) is 0. The van der Waals surface area contributed by atoms with Gasteiger partial charge in [-0.3, -0.25) is 0 Å². The molecule has 0 aliphatic carbocycles. The molecule has 0 spiro atoms. The van der Waals surface area contributed by atoms with Gasteiger partial charge in [0.2, 0.25) is 0 Å². The molecule has 7 nitrogen and oxygen atoms in total. The van der Waals surface area contributed by atoms with Crippen LogP contribution in [0.4, 0.5) is 0 Å². The average molecular weight is 559 g/mol. The van der Waals surface area contributed by atoms with Crippen LogP contribution in [0.2, 0.25) is 69.5 Å². The summed E-state index contributed by atoms with van der Waals surface area (Å²) in [6.07, 6.45) is 1.03. The Morgan fingerprint density at radius 1 is 0.735 bits per heavy atom. The lowest BCUT2D eigenvalue weighted by molar-refractivity contribution is 0.0893. The second kappa shape index (κ2) is 17.2. The van der Waals surface area contributed by atoms with Gasteiger partial charge in [-0.25, -0.2) is 0 Å². The van der Waals surface area contributed by atoms with Crippen LogP contribution in [-0.2, 0) is 26.9 Å². The van der Waals surface area contributed by atoms with Crippen molar-refractivity contribution in [2.75, 3.05) is 48.3 Å². The molecular formula is C23H58O7Si4. The Labute approximate surface area is 215 Å². The van der Waals surface area contributed by atoms with E-state index in [0.717, 1.165) is 37.2 Å². The third-order valence-corrected chi connectivity index (χ3v) is 17.5. The predicted molar refractivity (Wildman–Crippen MR) is 154 cm³/mol. The van der Waals surface area contributed by atoms with Crippen LogP contribution in [0.3, 0.4) is 0 Å². The van der Waals surface area contributed by atoms with Gasteiger partial charge in [0, 0.05) is 48.7 Å². The van der Waals surface area contributed by atoms with E-state index in [0.29, 0.717) is 6.61 Å². The SMILES string of the molecule is CC(C)(C[Si](C)(C)C)O[Si](C)(C)CCCOCCO.CC[Si](CC[Si](C)(OC)OC)(OC)OC. The van der Waals surface area contributed by atoms with Crippen LogP contribution in [0.1, 0.15) is 27.2 Å². The Hall–Kier alpha value is 0.588. The number of aliphatic hydroxyl groups excluding tert-OH is 1. The van der Waals surface area contributed by atoms with Gasteiger partial charge in [-0.1, -0.05) is 26.6 Å².